The fourth-order valence-corrected chi connectivity index (χ4v) is 4.94. The van der Waals surface area contributed by atoms with E-state index in [0.29, 0.717) is 12.3 Å². The van der Waals surface area contributed by atoms with E-state index < -0.39 is 0 Å². The predicted octanol–water partition coefficient (Wildman–Crippen LogP) is 2.10. The molecule has 4 rings (SSSR count). The van der Waals surface area contributed by atoms with Crippen LogP contribution in [0.25, 0.3) is 0 Å². The Bertz CT molecular complexity index is 765. The first-order valence-corrected chi connectivity index (χ1v) is 9.36. The molecule has 130 valence electrons. The van der Waals surface area contributed by atoms with E-state index in [1.807, 2.05) is 41.8 Å². The molecule has 2 aromatic heterocycles. The van der Waals surface area contributed by atoms with Gasteiger partial charge in [0, 0.05) is 30.7 Å². The smallest absolute Gasteiger partial charge is 0.272 e. The second kappa shape index (κ2) is 6.72. The minimum Gasteiger partial charge on any atom is -0.371 e. The minimum atomic E-state index is -0.0121. The summed E-state index contributed by atoms with van der Waals surface area (Å²) < 4.78 is 6.19. The van der Waals surface area contributed by atoms with E-state index in [1.165, 1.54) is 6.33 Å². The van der Waals surface area contributed by atoms with Gasteiger partial charge in [0.1, 0.15) is 12.0 Å². The normalized spacial score (nSPS) is 21.3. The minimum absolute atomic E-state index is 0.0121. The van der Waals surface area contributed by atoms with Crippen molar-refractivity contribution in [3.8, 4) is 0 Å². The van der Waals surface area contributed by atoms with Crippen molar-refractivity contribution < 1.29 is 9.53 Å². The summed E-state index contributed by atoms with van der Waals surface area (Å²) in [5, 5.41) is 0. The Hall–Kier alpha value is -1.99. The molecule has 25 heavy (non-hydrogen) atoms. The lowest BCUT2D eigenvalue weighted by Crippen LogP contribution is -2.60. The Balaban J connectivity index is 1.28. The first kappa shape index (κ1) is 16.5. The van der Waals surface area contributed by atoms with Gasteiger partial charge in [-0.05, 0) is 31.5 Å². The Morgan fingerprint density at radius 2 is 2.28 bits per heavy atom. The van der Waals surface area contributed by atoms with Crippen LogP contribution in [0, 0.1) is 6.92 Å². The van der Waals surface area contributed by atoms with Gasteiger partial charge < -0.3 is 9.64 Å². The predicted molar refractivity (Wildman–Crippen MR) is 95.3 cm³/mol. The summed E-state index contributed by atoms with van der Waals surface area (Å²) >= 11 is 1.92. The van der Waals surface area contributed by atoms with Gasteiger partial charge in [-0.15, -0.1) is 11.8 Å². The van der Waals surface area contributed by atoms with Gasteiger partial charge in [-0.25, -0.2) is 9.97 Å². The molecule has 1 spiro atoms. The zero-order valence-electron chi connectivity index (χ0n) is 14.1. The number of hydrogen-bond acceptors (Lipinski definition) is 6. The third-order valence-electron chi connectivity index (χ3n) is 4.63. The second-order valence-corrected chi connectivity index (χ2v) is 8.15. The van der Waals surface area contributed by atoms with Crippen molar-refractivity contribution in [1.82, 2.24) is 19.9 Å². The van der Waals surface area contributed by atoms with Gasteiger partial charge >= 0.3 is 0 Å². The van der Waals surface area contributed by atoms with Crippen LogP contribution in [0.5, 0.6) is 0 Å². The highest BCUT2D eigenvalue weighted by Gasteiger charge is 2.51. The molecule has 0 aromatic carbocycles. The molecular formula is C18H20N4O2S. The number of ether oxygens (including phenoxy) is 1. The molecule has 2 saturated heterocycles. The molecule has 0 N–H and O–H groups in total. The molecule has 0 radical (unpaired) electrons. The average Bonchev–Trinajstić information content (AvgIpc) is 3.04. The molecule has 7 heteroatoms. The van der Waals surface area contributed by atoms with Crippen LogP contribution in [-0.2, 0) is 11.3 Å². The molecule has 2 aromatic rings. The summed E-state index contributed by atoms with van der Waals surface area (Å²) in [6.07, 6.45) is 4.22. The van der Waals surface area contributed by atoms with E-state index in [0.717, 1.165) is 36.7 Å². The molecule has 2 aliphatic heterocycles. The lowest BCUT2D eigenvalue weighted by molar-refractivity contribution is 0.0242. The molecule has 1 atom stereocenters. The fourth-order valence-electron chi connectivity index (χ4n) is 3.39. The van der Waals surface area contributed by atoms with Crippen LogP contribution in [-0.4, -0.2) is 55.5 Å². The monoisotopic (exact) mass is 356 g/mol. The highest BCUT2D eigenvalue weighted by Crippen LogP contribution is 2.46. The van der Waals surface area contributed by atoms with Gasteiger partial charge in [-0.3, -0.25) is 9.78 Å². The van der Waals surface area contributed by atoms with Crippen LogP contribution in [0.15, 0.2) is 36.8 Å². The van der Waals surface area contributed by atoms with Crippen molar-refractivity contribution in [3.05, 3.63) is 53.9 Å². The number of carbonyl (C=O) groups excluding carboxylic acids is 1. The van der Waals surface area contributed by atoms with Gasteiger partial charge in [-0.2, -0.15) is 0 Å². The first-order chi connectivity index (χ1) is 12.1. The van der Waals surface area contributed by atoms with Gasteiger partial charge in [0.2, 0.25) is 0 Å². The van der Waals surface area contributed by atoms with Crippen LogP contribution in [0.3, 0.4) is 0 Å². The number of pyridine rings is 1. The van der Waals surface area contributed by atoms with Crippen molar-refractivity contribution in [1.29, 1.82) is 0 Å². The van der Waals surface area contributed by atoms with E-state index >= 15 is 0 Å². The maximum absolute atomic E-state index is 12.4. The molecule has 2 fully saturated rings. The Morgan fingerprint density at radius 3 is 3.04 bits per heavy atom. The van der Waals surface area contributed by atoms with E-state index in [4.69, 9.17) is 4.74 Å². The third-order valence-corrected chi connectivity index (χ3v) is 6.21. The van der Waals surface area contributed by atoms with E-state index in [1.54, 1.807) is 12.3 Å². The lowest BCUT2D eigenvalue weighted by Gasteiger charge is -2.47. The van der Waals surface area contributed by atoms with Gasteiger partial charge in [0.25, 0.3) is 5.91 Å². The second-order valence-electron chi connectivity index (χ2n) is 6.66. The molecule has 0 aliphatic carbocycles. The Kier molecular flexibility index (Phi) is 4.43. The van der Waals surface area contributed by atoms with Gasteiger partial charge in [0.15, 0.2) is 0 Å². The zero-order chi connectivity index (χ0) is 17.3. The lowest BCUT2D eigenvalue weighted by atomic mass is 9.92. The average molecular weight is 356 g/mol. The molecule has 6 nitrogen and oxygen atoms in total. The number of hydrogen-bond donors (Lipinski definition) is 0. The van der Waals surface area contributed by atoms with E-state index in [9.17, 15) is 4.79 Å². The van der Waals surface area contributed by atoms with E-state index in [2.05, 4.69) is 15.0 Å². The number of rotatable bonds is 4. The van der Waals surface area contributed by atoms with Gasteiger partial charge in [0.05, 0.1) is 23.2 Å². The fraction of sp³-hybridized carbons (Fsp3) is 0.444. The van der Waals surface area contributed by atoms with Crippen LogP contribution < -0.4 is 0 Å². The van der Waals surface area contributed by atoms with Crippen molar-refractivity contribution in [2.45, 2.75) is 30.8 Å². The highest BCUT2D eigenvalue weighted by molar-refractivity contribution is 8.01. The van der Waals surface area contributed by atoms with Crippen LogP contribution >= 0.6 is 11.8 Å². The summed E-state index contributed by atoms with van der Waals surface area (Å²) in [5.74, 6) is 0.961. The van der Waals surface area contributed by atoms with Crippen LogP contribution in [0.1, 0.15) is 28.3 Å². The van der Waals surface area contributed by atoms with Crippen molar-refractivity contribution in [2.24, 2.45) is 0 Å². The molecule has 1 unspecified atom stereocenters. The Labute approximate surface area is 151 Å². The molecule has 1 amide bonds. The van der Waals surface area contributed by atoms with Crippen molar-refractivity contribution in [2.75, 3.05) is 18.8 Å². The van der Waals surface area contributed by atoms with E-state index in [-0.39, 0.29) is 16.8 Å². The number of amides is 1. The largest absolute Gasteiger partial charge is 0.371 e. The third kappa shape index (κ3) is 3.52. The first-order valence-electron chi connectivity index (χ1n) is 8.37. The summed E-state index contributed by atoms with van der Waals surface area (Å²) in [4.78, 5) is 26.6. The number of nitrogens with zero attached hydrogens (tertiary/aromatic N) is 4. The quantitative estimate of drug-likeness (QED) is 0.836. The number of aromatic nitrogens is 3. The zero-order valence-corrected chi connectivity index (χ0v) is 14.9. The summed E-state index contributed by atoms with van der Waals surface area (Å²) in [6, 6.07) is 7.65. The molecule has 4 heterocycles. The number of likely N-dealkylation sites (tertiary alicyclic amines) is 1. The topological polar surface area (TPSA) is 68.2 Å². The summed E-state index contributed by atoms with van der Waals surface area (Å²) in [6.45, 7) is 4.07. The molecule has 0 saturated carbocycles. The SMILES string of the molecule is Cc1cccc(COC2CSC3(C2)CN(C(=O)c2ccncn2)C3)n1. The molecular weight excluding hydrogens is 336 g/mol. The van der Waals surface area contributed by atoms with Crippen molar-refractivity contribution in [3.63, 3.8) is 0 Å². The standard InChI is InChI=1S/C18H20N4O2S/c1-13-3-2-4-14(21-13)8-24-15-7-18(25-9-15)10-22(11-18)17(23)16-5-6-19-12-20-16/h2-6,12,15H,7-11H2,1H3. The maximum atomic E-state index is 12.4. The van der Waals surface area contributed by atoms with Crippen molar-refractivity contribution >= 4 is 17.7 Å². The summed E-state index contributed by atoms with van der Waals surface area (Å²) in [5.41, 5.74) is 2.45. The maximum Gasteiger partial charge on any atom is 0.272 e. The van der Waals surface area contributed by atoms with Crippen LogP contribution in [0.2, 0.25) is 0 Å². The summed E-state index contributed by atoms with van der Waals surface area (Å²) in [7, 11) is 0. The number of aryl methyl sites for hydroxylation is 1. The molecule has 2 aliphatic rings. The van der Waals surface area contributed by atoms with Gasteiger partial charge in [-0.1, -0.05) is 6.07 Å². The molecule has 0 bridgehead atoms. The van der Waals surface area contributed by atoms with Crippen LogP contribution in [0.4, 0.5) is 0 Å². The number of carbonyl (C=O) groups is 1. The highest BCUT2D eigenvalue weighted by atomic mass is 32.2. The Morgan fingerprint density at radius 1 is 1.40 bits per heavy atom. The number of thioether (sulfide) groups is 1.